The summed E-state index contributed by atoms with van der Waals surface area (Å²) in [6, 6.07) is 15.7. The lowest BCUT2D eigenvalue weighted by Crippen LogP contribution is -2.20. The van der Waals surface area contributed by atoms with Gasteiger partial charge in [-0.15, -0.1) is 0 Å². The van der Waals surface area contributed by atoms with Crippen LogP contribution in [0.4, 0.5) is 0 Å². The van der Waals surface area contributed by atoms with E-state index in [1.165, 1.54) is 11.1 Å². The van der Waals surface area contributed by atoms with E-state index in [9.17, 15) is 8.76 Å². The fraction of sp³-hybridized carbons (Fsp3) is 0.333. The molecule has 0 spiro atoms. The van der Waals surface area contributed by atoms with E-state index in [1.807, 2.05) is 12.1 Å². The maximum atomic E-state index is 11.6. The van der Waals surface area contributed by atoms with E-state index < -0.39 is 8.77 Å². The molecular weight excluding hydrogens is 312 g/mol. The molecule has 0 radical (unpaired) electrons. The summed E-state index contributed by atoms with van der Waals surface area (Å²) in [4.78, 5) is 0.295. The molecular formula is C18H22O2S2. The lowest BCUT2D eigenvalue weighted by atomic mass is 9.72. The number of aryl methyl sites for hydroxylation is 1. The Hall–Kier alpha value is -1.23. The summed E-state index contributed by atoms with van der Waals surface area (Å²) in [5.41, 5.74) is 3.64. The molecule has 22 heavy (non-hydrogen) atoms. The predicted octanol–water partition coefficient (Wildman–Crippen LogP) is 4.75. The van der Waals surface area contributed by atoms with Crippen LogP contribution in [0.2, 0.25) is 0 Å². The van der Waals surface area contributed by atoms with Crippen molar-refractivity contribution in [3.8, 4) is 0 Å². The van der Waals surface area contributed by atoms with E-state index in [1.54, 1.807) is 12.1 Å². The highest BCUT2D eigenvalue weighted by molar-refractivity contribution is 8.29. The first-order valence-corrected chi connectivity index (χ1v) is 9.67. The summed E-state index contributed by atoms with van der Waals surface area (Å²) in [7, 11) is -3.32. The minimum absolute atomic E-state index is 0.0316. The van der Waals surface area contributed by atoms with Gasteiger partial charge < -0.3 is 4.55 Å². The van der Waals surface area contributed by atoms with Gasteiger partial charge in [0.15, 0.2) is 8.77 Å². The third kappa shape index (κ3) is 3.94. The van der Waals surface area contributed by atoms with Crippen molar-refractivity contribution in [1.82, 2.24) is 0 Å². The molecule has 2 nitrogen and oxygen atoms in total. The molecule has 0 bridgehead atoms. The Labute approximate surface area is 138 Å². The van der Waals surface area contributed by atoms with Gasteiger partial charge in [0, 0.05) is 17.1 Å². The molecule has 0 saturated heterocycles. The first-order valence-electron chi connectivity index (χ1n) is 7.23. The Kier molecular flexibility index (Phi) is 4.76. The third-order valence-electron chi connectivity index (χ3n) is 3.75. The van der Waals surface area contributed by atoms with Crippen LogP contribution in [0.25, 0.3) is 0 Å². The fourth-order valence-electron chi connectivity index (χ4n) is 2.87. The monoisotopic (exact) mass is 334 g/mol. The van der Waals surface area contributed by atoms with Crippen LogP contribution >= 0.6 is 0 Å². The summed E-state index contributed by atoms with van der Waals surface area (Å²) in [5.74, 6) is 0.210. The second kappa shape index (κ2) is 6.11. The average molecular weight is 335 g/mol. The largest absolute Gasteiger partial charge is 0.302 e. The summed E-state index contributed by atoms with van der Waals surface area (Å²) >= 11 is 4.63. The second-order valence-electron chi connectivity index (χ2n) is 6.76. The van der Waals surface area contributed by atoms with Crippen molar-refractivity contribution in [2.45, 2.75) is 38.5 Å². The molecule has 1 N–H and O–H groups in total. The average Bonchev–Trinajstić information content (AvgIpc) is 2.37. The first kappa shape index (κ1) is 17.1. The highest BCUT2D eigenvalue weighted by Crippen LogP contribution is 2.40. The van der Waals surface area contributed by atoms with E-state index in [2.05, 4.69) is 63.1 Å². The second-order valence-corrected chi connectivity index (χ2v) is 9.53. The lowest BCUT2D eigenvalue weighted by molar-refractivity contribution is 0.358. The summed E-state index contributed by atoms with van der Waals surface area (Å²) in [6.45, 7) is 8.70. The van der Waals surface area contributed by atoms with Gasteiger partial charge in [0.25, 0.3) is 0 Å². The quantitative estimate of drug-likeness (QED) is 0.880. The molecule has 0 fully saturated rings. The van der Waals surface area contributed by atoms with Crippen LogP contribution in [-0.4, -0.2) is 8.76 Å². The van der Waals surface area contributed by atoms with Crippen LogP contribution in [0.1, 0.15) is 43.4 Å². The zero-order chi connectivity index (χ0) is 16.5. The van der Waals surface area contributed by atoms with Crippen molar-refractivity contribution in [1.29, 1.82) is 0 Å². The summed E-state index contributed by atoms with van der Waals surface area (Å²) in [6.07, 6.45) is 0. The van der Waals surface area contributed by atoms with Gasteiger partial charge in [-0.05, 0) is 35.6 Å². The van der Waals surface area contributed by atoms with Gasteiger partial charge in [0.2, 0.25) is 0 Å². The van der Waals surface area contributed by atoms with Crippen molar-refractivity contribution in [2.75, 3.05) is 0 Å². The molecule has 2 rings (SSSR count). The highest BCUT2D eigenvalue weighted by atomic mass is 32.8. The molecule has 0 aliphatic rings. The topological polar surface area (TPSA) is 37.3 Å². The van der Waals surface area contributed by atoms with E-state index in [4.69, 9.17) is 0 Å². The van der Waals surface area contributed by atoms with Gasteiger partial charge in [-0.25, -0.2) is 4.21 Å². The molecule has 4 heteroatoms. The summed E-state index contributed by atoms with van der Waals surface area (Å²) in [5, 5.41) is 0. The van der Waals surface area contributed by atoms with Crippen molar-refractivity contribution < 1.29 is 8.76 Å². The molecule has 118 valence electrons. The maximum absolute atomic E-state index is 11.6. The molecule has 2 unspecified atom stereocenters. The van der Waals surface area contributed by atoms with Crippen LogP contribution in [0.5, 0.6) is 0 Å². The summed E-state index contributed by atoms with van der Waals surface area (Å²) < 4.78 is 21.0. The maximum Gasteiger partial charge on any atom is 0.171 e. The SMILES string of the molecule is Cc1cccc(C(c2ccc(S(=O)(O)=S)cc2)C(C)(C)C)c1. The number of hydrogen-bond acceptors (Lipinski definition) is 2. The van der Waals surface area contributed by atoms with Crippen molar-refractivity contribution in [2.24, 2.45) is 5.41 Å². The third-order valence-corrected chi connectivity index (χ3v) is 5.20. The minimum Gasteiger partial charge on any atom is -0.302 e. The Balaban J connectivity index is 2.52. The van der Waals surface area contributed by atoms with E-state index >= 15 is 0 Å². The minimum atomic E-state index is -3.32. The first-order chi connectivity index (χ1) is 10.1. The standard InChI is InChI=1S/C18H22O2S2/c1-13-6-5-7-15(12-13)17(18(2,3)4)14-8-10-16(11-9-14)22(19,20)21/h5-12,17H,1-4H3,(H,19,20,21). The van der Waals surface area contributed by atoms with Crippen LogP contribution in [-0.2, 0) is 20.0 Å². The number of benzene rings is 2. The Bertz CT molecular complexity index is 754. The zero-order valence-corrected chi connectivity index (χ0v) is 15.0. The van der Waals surface area contributed by atoms with E-state index in [0.717, 1.165) is 5.56 Å². The molecule has 2 aromatic carbocycles. The molecule has 0 saturated carbocycles. The van der Waals surface area contributed by atoms with Crippen LogP contribution < -0.4 is 0 Å². The zero-order valence-electron chi connectivity index (χ0n) is 13.4. The Morgan fingerprint density at radius 3 is 2.09 bits per heavy atom. The van der Waals surface area contributed by atoms with Gasteiger partial charge in [-0.3, -0.25) is 0 Å². The molecule has 2 atom stereocenters. The van der Waals surface area contributed by atoms with Crippen LogP contribution in [0, 0.1) is 12.3 Å². The van der Waals surface area contributed by atoms with E-state index in [0.29, 0.717) is 4.90 Å². The van der Waals surface area contributed by atoms with Crippen LogP contribution in [0.15, 0.2) is 53.4 Å². The van der Waals surface area contributed by atoms with Crippen molar-refractivity contribution >= 4 is 20.0 Å². The lowest BCUT2D eigenvalue weighted by Gasteiger charge is -2.32. The van der Waals surface area contributed by atoms with Crippen LogP contribution in [0.3, 0.4) is 0 Å². The van der Waals surface area contributed by atoms with Gasteiger partial charge in [0.1, 0.15) is 0 Å². The number of hydrogen-bond donors (Lipinski definition) is 1. The molecule has 0 aliphatic carbocycles. The smallest absolute Gasteiger partial charge is 0.171 e. The van der Waals surface area contributed by atoms with Gasteiger partial charge in [-0.2, -0.15) is 0 Å². The predicted molar refractivity (Wildman–Crippen MR) is 95.3 cm³/mol. The molecule has 0 aliphatic heterocycles. The van der Waals surface area contributed by atoms with Gasteiger partial charge in [-0.1, -0.05) is 62.7 Å². The number of rotatable bonds is 3. The van der Waals surface area contributed by atoms with Gasteiger partial charge in [0.05, 0.1) is 4.90 Å². The highest BCUT2D eigenvalue weighted by Gasteiger charge is 2.28. The molecule has 0 heterocycles. The molecule has 0 amide bonds. The molecule has 2 aromatic rings. The Morgan fingerprint density at radius 1 is 1.05 bits per heavy atom. The van der Waals surface area contributed by atoms with Gasteiger partial charge >= 0.3 is 0 Å². The van der Waals surface area contributed by atoms with Crippen molar-refractivity contribution in [3.05, 3.63) is 65.2 Å². The van der Waals surface area contributed by atoms with Crippen molar-refractivity contribution in [3.63, 3.8) is 0 Å². The molecule has 0 aromatic heterocycles. The Morgan fingerprint density at radius 2 is 1.64 bits per heavy atom. The van der Waals surface area contributed by atoms with E-state index in [-0.39, 0.29) is 11.3 Å². The normalized spacial score (nSPS) is 16.0. The fourth-order valence-corrected chi connectivity index (χ4v) is 3.69.